The number of aliphatic imine (C=N–C) groups is 6. The first-order chi connectivity index (χ1) is 68.0. The van der Waals surface area contributed by atoms with Gasteiger partial charge in [-0.25, -0.2) is 0 Å². The van der Waals surface area contributed by atoms with Crippen LogP contribution in [0.15, 0.2) is 321 Å². The molecule has 0 unspecified atom stereocenters. The molecule has 0 radical (unpaired) electrons. The molecule has 0 amide bonds. The average molecular weight is 2580 g/mol. The standard InChI is InChI=1S/6C15H15N2O2.4CH2Cl2.4CH3O.Co.F6P.4Mo/c6*1-18-14-7-3-12(4-8-14)16-11-17-13-5-9-15(19-2)10-6-13;4*2-1-3;4*1-2;;1-7(2,3,4,5)6;;;;/h6*3-11H,1-2H3;4*1H2;4*1H3;;;;;;/q6*-1;;;;;4*-1;+3;-1;4*+2. The molecule has 146 heavy (non-hydrogen) atoms. The molecule has 0 spiro atoms. The molecule has 794 valence electrons. The van der Waals surface area contributed by atoms with Gasteiger partial charge < -0.3 is 139 Å². The van der Waals surface area contributed by atoms with Crippen molar-refractivity contribution in [2.45, 2.75) is 0 Å². The van der Waals surface area contributed by atoms with E-state index >= 15 is 0 Å². The summed E-state index contributed by atoms with van der Waals surface area (Å²) in [7, 11) is 12.0. The monoisotopic (exact) mass is 2590 g/mol. The van der Waals surface area contributed by atoms with Gasteiger partial charge in [-0.1, -0.05) is 184 Å². The predicted molar refractivity (Wildman–Crippen MR) is 567 cm³/mol. The first kappa shape index (κ1) is 152. The average Bonchev–Trinajstić information content (AvgIpc) is 0.788. The zero-order chi connectivity index (χ0) is 106. The van der Waals surface area contributed by atoms with Crippen LogP contribution in [0.5, 0.6) is 69.0 Å². The summed E-state index contributed by atoms with van der Waals surface area (Å²) >= 11 is 38.1. The zero-order valence-electron chi connectivity index (χ0n) is 81.6. The van der Waals surface area contributed by atoms with E-state index in [2.05, 4.69) is 61.9 Å². The first-order valence-electron chi connectivity index (χ1n) is 39.8. The van der Waals surface area contributed by atoms with Gasteiger partial charge in [0.05, 0.1) is 107 Å². The summed E-state index contributed by atoms with van der Waals surface area (Å²) in [5, 5.41) is 59.2. The smallest absolute Gasteiger partial charge is 2.00 e. The molecule has 12 aromatic carbocycles. The molecule has 0 aliphatic heterocycles. The van der Waals surface area contributed by atoms with E-state index in [1.54, 1.807) is 85.3 Å². The molecule has 0 heterocycles. The minimum Gasteiger partial charge on any atom is 2.00 e. The van der Waals surface area contributed by atoms with Crippen molar-refractivity contribution >= 4 is 207 Å². The van der Waals surface area contributed by atoms with Crippen LogP contribution in [0.1, 0.15) is 0 Å². The predicted octanol–water partition coefficient (Wildman–Crippen LogP) is 29.4. The van der Waals surface area contributed by atoms with Crippen molar-refractivity contribution in [1.29, 1.82) is 0 Å². The Morgan fingerprint density at radius 1 is 0.192 bits per heavy atom. The van der Waals surface area contributed by atoms with E-state index in [0.717, 1.165) is 166 Å². The van der Waals surface area contributed by atoms with Crippen LogP contribution in [0.2, 0.25) is 0 Å². The van der Waals surface area contributed by atoms with Crippen LogP contribution in [0.25, 0.3) is 31.9 Å². The Morgan fingerprint density at radius 2 is 0.260 bits per heavy atom. The Morgan fingerprint density at radius 3 is 0.329 bits per heavy atom. The first-order valence-corrected chi connectivity index (χ1v) is 46.1. The summed E-state index contributed by atoms with van der Waals surface area (Å²) in [6, 6.07) is 89.6. The Bertz CT molecular complexity index is 4440. The summed E-state index contributed by atoms with van der Waals surface area (Å²) in [5.41, 5.74) is 9.98. The number of alkyl halides is 8. The number of hydrogen-bond donors (Lipinski definition) is 0. The van der Waals surface area contributed by atoms with E-state index < -0.39 is 7.81 Å². The van der Waals surface area contributed by atoms with E-state index in [1.165, 1.54) is 38.0 Å². The quantitative estimate of drug-likeness (QED) is 0.0101. The van der Waals surface area contributed by atoms with Crippen molar-refractivity contribution in [2.24, 2.45) is 30.0 Å². The van der Waals surface area contributed by atoms with E-state index in [4.69, 9.17) is 170 Å². The normalized spacial score (nSPS) is 9.90. The summed E-state index contributed by atoms with van der Waals surface area (Å²) in [6.07, 6.45) is 9.19. The number of rotatable bonds is 30. The van der Waals surface area contributed by atoms with Gasteiger partial charge in [0.1, 0.15) is 69.0 Å². The molecule has 0 fully saturated rings. The Balaban J connectivity index is -0.000000247. The molecule has 0 saturated carbocycles. The van der Waals surface area contributed by atoms with Gasteiger partial charge in [-0.15, -0.1) is 92.8 Å². The third-order valence-electron chi connectivity index (χ3n) is 15.4. The molecule has 0 atom stereocenters. The third kappa shape index (κ3) is 82.4. The second-order valence-electron chi connectivity index (χ2n) is 24.0. The van der Waals surface area contributed by atoms with Gasteiger partial charge in [-0.05, 0) is 214 Å². The number of ether oxygens (including phenoxy) is 12. The maximum absolute atomic E-state index is 10.7. The van der Waals surface area contributed by atoms with Crippen LogP contribution in [-0.4, -0.2) is 173 Å². The second-order valence-corrected chi connectivity index (χ2v) is 29.1. The summed E-state index contributed by atoms with van der Waals surface area (Å²) in [5.74, 6) is 9.73. The molecule has 12 rings (SSSR count). The fraction of sp³-hybridized carbons (Fsp3) is 0.204. The van der Waals surface area contributed by atoms with Crippen molar-refractivity contribution in [1.82, 2.24) is 0 Å². The molecular weight excluding hydrogens is 2470 g/mol. The van der Waals surface area contributed by atoms with Crippen molar-refractivity contribution in [3.8, 4) is 69.0 Å². The van der Waals surface area contributed by atoms with Gasteiger partial charge in [-0.2, -0.15) is 28.4 Å². The molecule has 0 saturated heterocycles. The van der Waals surface area contributed by atoms with Gasteiger partial charge in [0.15, 0.2) is 0 Å². The van der Waals surface area contributed by atoms with Crippen LogP contribution in [0.4, 0.5) is 93.4 Å². The molecule has 48 heteroatoms. The topological polar surface area (TPSA) is 362 Å². The van der Waals surface area contributed by atoms with Gasteiger partial charge in [-0.3, -0.25) is 0 Å². The fourth-order valence-corrected chi connectivity index (χ4v) is 8.99. The number of halogens is 14. The Kier molecular flexibility index (Phi) is 100. The van der Waals surface area contributed by atoms with E-state index in [1.807, 2.05) is 291 Å². The molecule has 0 bridgehead atoms. The molecule has 0 aliphatic rings. The molecule has 0 aliphatic carbocycles. The van der Waals surface area contributed by atoms with Crippen LogP contribution in [0.3, 0.4) is 0 Å². The molecular formula is C98H110Cl8CoF6Mo4N12O16P. The molecule has 0 N–H and O–H groups in total. The van der Waals surface area contributed by atoms with Crippen LogP contribution >= 0.6 is 101 Å². The Labute approximate surface area is 958 Å². The second kappa shape index (κ2) is 96.3. The fourth-order valence-electron chi connectivity index (χ4n) is 8.99. The summed E-state index contributed by atoms with van der Waals surface area (Å²) < 4.78 is 120. The SMILES string of the molecule is COc1ccc(N=C[N-]c2ccc(OC)cc2)cc1.COc1ccc(N=C[N-]c2ccc(OC)cc2)cc1.COc1ccc(N=C[N-]c2ccc(OC)cc2)cc1.COc1ccc(N=C[N-]c2ccc(OC)cc2)cc1.COc1ccc(N=C[N-]c2ccc(OC)cc2)cc1.COc1ccc(N=C[N-]c2ccc(OC)cc2)cc1.C[O-].C[O-].C[O-].C[O-].ClCCl.ClCCl.ClCCl.ClCCl.F[P-](F)(F)(F)(F)F.[Co+3].[Mo+2].[Mo+2].[Mo+2].[Mo+2]. The minimum absolute atomic E-state index is 0. The maximum Gasteiger partial charge on any atom is 3.00 e. The number of hydrogen-bond acceptors (Lipinski definition) is 22. The largest absolute Gasteiger partial charge is 3.00 e. The van der Waals surface area contributed by atoms with Crippen molar-refractivity contribution in [3.63, 3.8) is 0 Å². The van der Waals surface area contributed by atoms with Gasteiger partial charge >= 0.3 is 134 Å². The molecule has 12 aromatic rings. The van der Waals surface area contributed by atoms with Gasteiger partial charge in [0, 0.05) is 0 Å². The number of benzene rings is 12. The minimum atomic E-state index is -10.7. The van der Waals surface area contributed by atoms with Crippen molar-refractivity contribution < 1.29 is 203 Å². The van der Waals surface area contributed by atoms with E-state index in [9.17, 15) is 25.2 Å². The van der Waals surface area contributed by atoms with E-state index in [-0.39, 0.29) is 122 Å². The van der Waals surface area contributed by atoms with E-state index in [0.29, 0.717) is 0 Å². The van der Waals surface area contributed by atoms with Gasteiger partial charge in [0.2, 0.25) is 0 Å². The number of methoxy groups -OCH3 is 12. The zero-order valence-corrected chi connectivity index (χ0v) is 97.6. The van der Waals surface area contributed by atoms with Crippen LogP contribution < -0.4 is 77.3 Å². The van der Waals surface area contributed by atoms with Gasteiger partial charge in [0.25, 0.3) is 0 Å². The molecule has 0 aromatic heterocycles. The third-order valence-corrected chi connectivity index (χ3v) is 15.4. The summed E-state index contributed by atoms with van der Waals surface area (Å²) in [4.78, 5) is 25.4. The van der Waals surface area contributed by atoms with Crippen LogP contribution in [-0.2, 0) is 101 Å². The molecule has 28 nitrogen and oxygen atoms in total. The summed E-state index contributed by atoms with van der Waals surface area (Å²) in [6.45, 7) is 0. The maximum atomic E-state index is 9.87. The van der Waals surface area contributed by atoms with Crippen LogP contribution in [0, 0.1) is 0 Å². The Hall–Kier alpha value is -9.51. The van der Waals surface area contributed by atoms with Crippen molar-refractivity contribution in [2.75, 3.05) is 135 Å². The van der Waals surface area contributed by atoms with Crippen molar-refractivity contribution in [3.05, 3.63) is 323 Å². The number of nitrogens with zero attached hydrogens (tertiary/aromatic N) is 12.